The fourth-order valence-corrected chi connectivity index (χ4v) is 2.34. The molecular formula is C14H13BrN2O4. The summed E-state index contributed by atoms with van der Waals surface area (Å²) in [5, 5.41) is 33.2. The maximum atomic E-state index is 11.1. The van der Waals surface area contributed by atoms with Gasteiger partial charge in [0.25, 0.3) is 5.69 Å². The molecule has 3 N–H and O–H groups in total. The third-order valence-corrected chi connectivity index (χ3v) is 3.50. The highest BCUT2D eigenvalue weighted by Gasteiger charge is 2.18. The van der Waals surface area contributed by atoms with Crippen molar-refractivity contribution in [3.8, 4) is 11.5 Å². The Balaban J connectivity index is 2.31. The van der Waals surface area contributed by atoms with E-state index in [1.54, 1.807) is 25.1 Å². The molecule has 110 valence electrons. The summed E-state index contributed by atoms with van der Waals surface area (Å²) in [7, 11) is 0. The Morgan fingerprint density at radius 1 is 1.24 bits per heavy atom. The summed E-state index contributed by atoms with van der Waals surface area (Å²) in [5.74, 6) is -0.118. The second-order valence-corrected chi connectivity index (χ2v) is 5.44. The number of phenols is 2. The third kappa shape index (κ3) is 3.43. The number of hydrogen-bond donors (Lipinski definition) is 3. The molecule has 0 spiro atoms. The van der Waals surface area contributed by atoms with E-state index in [9.17, 15) is 20.3 Å². The monoisotopic (exact) mass is 352 g/mol. The predicted molar refractivity (Wildman–Crippen MR) is 82.6 cm³/mol. The van der Waals surface area contributed by atoms with Gasteiger partial charge in [-0.1, -0.05) is 15.9 Å². The second-order valence-electron chi connectivity index (χ2n) is 4.53. The molecule has 0 fully saturated rings. The zero-order chi connectivity index (χ0) is 15.6. The van der Waals surface area contributed by atoms with E-state index in [0.717, 1.165) is 0 Å². The van der Waals surface area contributed by atoms with Crippen LogP contribution in [0.15, 0.2) is 40.9 Å². The topological polar surface area (TPSA) is 95.6 Å². The highest BCUT2D eigenvalue weighted by molar-refractivity contribution is 9.10. The van der Waals surface area contributed by atoms with Gasteiger partial charge in [0.2, 0.25) is 0 Å². The van der Waals surface area contributed by atoms with Crippen molar-refractivity contribution in [3.63, 3.8) is 0 Å². The first-order chi connectivity index (χ1) is 9.88. The van der Waals surface area contributed by atoms with Crippen LogP contribution in [0.3, 0.4) is 0 Å². The van der Waals surface area contributed by atoms with Crippen molar-refractivity contribution in [2.45, 2.75) is 13.0 Å². The first-order valence-corrected chi connectivity index (χ1v) is 6.90. The molecule has 2 aromatic carbocycles. The lowest BCUT2D eigenvalue weighted by molar-refractivity contribution is -0.384. The maximum Gasteiger partial charge on any atom is 0.293 e. The molecule has 0 saturated heterocycles. The van der Waals surface area contributed by atoms with Crippen molar-refractivity contribution < 1.29 is 15.1 Å². The van der Waals surface area contributed by atoms with Crippen molar-refractivity contribution in [2.75, 3.05) is 5.32 Å². The van der Waals surface area contributed by atoms with Gasteiger partial charge in [-0.15, -0.1) is 0 Å². The Kier molecular flexibility index (Phi) is 4.32. The molecule has 2 rings (SSSR count). The number of nitrogens with zero attached hydrogens (tertiary/aromatic N) is 1. The lowest BCUT2D eigenvalue weighted by atomic mass is 10.1. The molecule has 2 aromatic rings. The normalized spacial score (nSPS) is 11.9. The van der Waals surface area contributed by atoms with E-state index in [1.807, 2.05) is 0 Å². The predicted octanol–water partition coefficient (Wildman–Crippen LogP) is 3.94. The number of phenolic OH excluding ortho intramolecular Hbond substituents is 2. The largest absolute Gasteiger partial charge is 0.508 e. The van der Waals surface area contributed by atoms with Gasteiger partial charge in [0.15, 0.2) is 0 Å². The van der Waals surface area contributed by atoms with Gasteiger partial charge in [-0.25, -0.2) is 0 Å². The molecule has 0 aromatic heterocycles. The Hall–Kier alpha value is -2.28. The van der Waals surface area contributed by atoms with Crippen molar-refractivity contribution in [1.29, 1.82) is 0 Å². The smallest absolute Gasteiger partial charge is 0.293 e. The van der Waals surface area contributed by atoms with Gasteiger partial charge in [-0.05, 0) is 31.2 Å². The van der Waals surface area contributed by atoms with E-state index in [4.69, 9.17) is 0 Å². The minimum atomic E-state index is -0.476. The summed E-state index contributed by atoms with van der Waals surface area (Å²) in [5.41, 5.74) is 0.822. The minimum absolute atomic E-state index is 0.0435. The molecule has 6 nitrogen and oxygen atoms in total. The Morgan fingerprint density at radius 2 is 1.95 bits per heavy atom. The highest BCUT2D eigenvalue weighted by atomic mass is 79.9. The van der Waals surface area contributed by atoms with Crippen LogP contribution in [0.1, 0.15) is 18.5 Å². The SMILES string of the molecule is CC(Nc1ccc(Br)cc1[N+](=O)[O-])c1ccc(O)cc1O. The molecule has 7 heteroatoms. The van der Waals surface area contributed by atoms with Crippen LogP contribution in [0.25, 0.3) is 0 Å². The van der Waals surface area contributed by atoms with E-state index in [1.165, 1.54) is 18.2 Å². The van der Waals surface area contributed by atoms with Crippen molar-refractivity contribution in [1.82, 2.24) is 0 Å². The molecule has 0 bridgehead atoms. The third-order valence-electron chi connectivity index (χ3n) is 3.01. The van der Waals surface area contributed by atoms with Crippen LogP contribution in [-0.4, -0.2) is 15.1 Å². The van der Waals surface area contributed by atoms with Crippen LogP contribution in [0, 0.1) is 10.1 Å². The summed E-state index contributed by atoms with van der Waals surface area (Å²) >= 11 is 3.20. The molecule has 0 aliphatic rings. The van der Waals surface area contributed by atoms with Gasteiger partial charge in [-0.3, -0.25) is 10.1 Å². The van der Waals surface area contributed by atoms with E-state index in [0.29, 0.717) is 15.7 Å². The number of rotatable bonds is 4. The van der Waals surface area contributed by atoms with Crippen molar-refractivity contribution in [2.24, 2.45) is 0 Å². The molecule has 0 amide bonds. The maximum absolute atomic E-state index is 11.1. The molecular weight excluding hydrogens is 340 g/mol. The van der Waals surface area contributed by atoms with Gasteiger partial charge in [0.1, 0.15) is 17.2 Å². The van der Waals surface area contributed by atoms with E-state index in [-0.39, 0.29) is 23.2 Å². The molecule has 1 unspecified atom stereocenters. The Bertz CT molecular complexity index is 691. The quantitative estimate of drug-likeness (QED) is 0.572. The standard InChI is InChI=1S/C14H13BrN2O4/c1-8(11-4-3-10(18)7-14(11)19)16-12-5-2-9(15)6-13(12)17(20)21/h2-8,16,18-19H,1H3. The zero-order valence-electron chi connectivity index (χ0n) is 11.1. The number of hydrogen-bond acceptors (Lipinski definition) is 5. The lowest BCUT2D eigenvalue weighted by Gasteiger charge is -2.17. The van der Waals surface area contributed by atoms with Crippen molar-refractivity contribution >= 4 is 27.3 Å². The number of anilines is 1. The Morgan fingerprint density at radius 3 is 2.57 bits per heavy atom. The molecule has 21 heavy (non-hydrogen) atoms. The Labute approximate surface area is 129 Å². The van der Waals surface area contributed by atoms with E-state index in [2.05, 4.69) is 21.2 Å². The number of nitrogens with one attached hydrogen (secondary N) is 1. The van der Waals surface area contributed by atoms with Crippen LogP contribution in [0.4, 0.5) is 11.4 Å². The van der Waals surface area contributed by atoms with Crippen molar-refractivity contribution in [3.05, 3.63) is 56.5 Å². The summed E-state index contributed by atoms with van der Waals surface area (Å²) < 4.78 is 0.611. The first-order valence-electron chi connectivity index (χ1n) is 6.11. The van der Waals surface area contributed by atoms with Crippen LogP contribution in [-0.2, 0) is 0 Å². The average Bonchev–Trinajstić information content (AvgIpc) is 2.40. The molecule has 0 aliphatic carbocycles. The summed E-state index contributed by atoms with van der Waals surface area (Å²) in [4.78, 5) is 10.6. The summed E-state index contributed by atoms with van der Waals surface area (Å²) in [6, 6.07) is 8.56. The lowest BCUT2D eigenvalue weighted by Crippen LogP contribution is -2.08. The summed E-state index contributed by atoms with van der Waals surface area (Å²) in [6.07, 6.45) is 0. The number of aromatic hydroxyl groups is 2. The average molecular weight is 353 g/mol. The van der Waals surface area contributed by atoms with Gasteiger partial charge in [-0.2, -0.15) is 0 Å². The summed E-state index contributed by atoms with van der Waals surface area (Å²) in [6.45, 7) is 1.76. The molecule has 0 aliphatic heterocycles. The molecule has 0 saturated carbocycles. The first kappa shape index (κ1) is 15.1. The molecule has 1 atom stereocenters. The number of benzene rings is 2. The van der Waals surface area contributed by atoms with E-state index < -0.39 is 4.92 Å². The van der Waals surface area contributed by atoms with Gasteiger partial charge >= 0.3 is 0 Å². The van der Waals surface area contributed by atoms with Gasteiger partial charge in [0, 0.05) is 22.2 Å². The number of nitro benzene ring substituents is 1. The number of halogens is 1. The van der Waals surface area contributed by atoms with Gasteiger partial charge < -0.3 is 15.5 Å². The molecule has 0 radical (unpaired) electrons. The molecule has 0 heterocycles. The minimum Gasteiger partial charge on any atom is -0.508 e. The zero-order valence-corrected chi connectivity index (χ0v) is 12.7. The van der Waals surface area contributed by atoms with Gasteiger partial charge in [0.05, 0.1) is 11.0 Å². The highest BCUT2D eigenvalue weighted by Crippen LogP contribution is 2.34. The fourth-order valence-electron chi connectivity index (χ4n) is 1.99. The van der Waals surface area contributed by atoms with E-state index >= 15 is 0 Å². The fraction of sp³-hybridized carbons (Fsp3) is 0.143. The van der Waals surface area contributed by atoms with Crippen LogP contribution in [0.2, 0.25) is 0 Å². The van der Waals surface area contributed by atoms with Crippen LogP contribution in [0.5, 0.6) is 11.5 Å². The van der Waals surface area contributed by atoms with Crippen LogP contribution < -0.4 is 5.32 Å². The second kappa shape index (κ2) is 6.01. The van der Waals surface area contributed by atoms with Crippen LogP contribution >= 0.6 is 15.9 Å². The number of nitro groups is 1.